The van der Waals surface area contributed by atoms with Crippen molar-refractivity contribution in [2.45, 2.75) is 32.1 Å². The number of hydrogen-bond acceptors (Lipinski definition) is 10. The average molecular weight is 492 g/mol. The first-order chi connectivity index (χ1) is 16.1. The number of rotatable bonds is 11. The third kappa shape index (κ3) is 7.36. The molecule has 2 rings (SSSR count). The van der Waals surface area contributed by atoms with Gasteiger partial charge in [-0.3, -0.25) is 4.79 Å². The number of esters is 1. The molecule has 0 fully saturated rings. The van der Waals surface area contributed by atoms with E-state index in [1.807, 2.05) is 13.0 Å². The Labute approximate surface area is 202 Å². The van der Waals surface area contributed by atoms with Crippen LogP contribution in [0.25, 0.3) is 0 Å². The maximum Gasteiger partial charge on any atom is 0.334 e. The van der Waals surface area contributed by atoms with Crippen molar-refractivity contribution in [3.8, 4) is 0 Å². The molecular weight excluding hydrogens is 462 g/mol. The Kier molecular flexibility index (Phi) is 10.2. The lowest BCUT2D eigenvalue weighted by Crippen LogP contribution is -2.39. The number of nitrogens with zero attached hydrogens (tertiary/aromatic N) is 1. The quantitative estimate of drug-likeness (QED) is 0.140. The summed E-state index contributed by atoms with van der Waals surface area (Å²) >= 11 is 1.51. The average Bonchev–Trinajstić information content (AvgIpc) is 2.84. The van der Waals surface area contributed by atoms with E-state index in [0.29, 0.717) is 17.6 Å². The Bertz CT molecular complexity index is 984. The fourth-order valence-corrected chi connectivity index (χ4v) is 3.89. The van der Waals surface area contributed by atoms with E-state index in [9.17, 15) is 29.7 Å². The number of hydrogen-bond donors (Lipinski definition) is 3. The number of Topliss-reactive ketones (excluding diaryl/α,β-unsaturated/α-hetero) is 1. The number of thioether (sulfide) groups is 1. The first-order valence-corrected chi connectivity index (χ1v) is 11.4. The van der Waals surface area contributed by atoms with Crippen molar-refractivity contribution in [1.29, 1.82) is 0 Å². The van der Waals surface area contributed by atoms with E-state index in [0.717, 1.165) is 9.80 Å². The van der Waals surface area contributed by atoms with Crippen molar-refractivity contribution in [2.24, 2.45) is 16.5 Å². The predicted molar refractivity (Wildman–Crippen MR) is 126 cm³/mol. The summed E-state index contributed by atoms with van der Waals surface area (Å²) < 4.78 is 5.21. The van der Waals surface area contributed by atoms with Crippen LogP contribution in [-0.4, -0.2) is 65.2 Å². The number of carbonyl (C=O) groups is 3. The van der Waals surface area contributed by atoms with E-state index in [4.69, 9.17) is 4.74 Å². The molecular formula is C24H29NO8S. The van der Waals surface area contributed by atoms with Gasteiger partial charge in [0.15, 0.2) is 0 Å². The van der Waals surface area contributed by atoms with Gasteiger partial charge >= 0.3 is 11.9 Å². The second-order valence-corrected chi connectivity index (χ2v) is 9.28. The molecule has 0 aromatic heterocycles. The number of benzene rings is 1. The fourth-order valence-electron chi connectivity index (χ4n) is 2.92. The topological polar surface area (TPSA) is 143 Å². The smallest absolute Gasteiger partial charge is 0.334 e. The Hall–Kier alpha value is -2.79. The Balaban J connectivity index is 2.02. The number of allylic oxidation sites excluding steroid dienone is 3. The monoisotopic (exact) mass is 491 g/mol. The highest BCUT2D eigenvalue weighted by Crippen LogP contribution is 2.37. The molecule has 10 heteroatoms. The SMILES string of the molecule is CC(=O)O/N=C(\C)C(=O)c1ccc(SC2=CC=C(C(=O)OCC(CO)(CO)CO)CC2C)cc1. The van der Waals surface area contributed by atoms with Crippen LogP contribution >= 0.6 is 11.8 Å². The van der Waals surface area contributed by atoms with Crippen LogP contribution in [-0.2, 0) is 19.2 Å². The molecule has 1 unspecified atom stereocenters. The predicted octanol–water partition coefficient (Wildman–Crippen LogP) is 2.26. The van der Waals surface area contributed by atoms with Gasteiger partial charge in [0.2, 0.25) is 5.78 Å². The molecule has 34 heavy (non-hydrogen) atoms. The van der Waals surface area contributed by atoms with Crippen molar-refractivity contribution >= 4 is 35.2 Å². The highest BCUT2D eigenvalue weighted by Gasteiger charge is 2.31. The molecule has 0 saturated carbocycles. The number of carbonyl (C=O) groups excluding carboxylic acids is 3. The minimum absolute atomic E-state index is 0.0373. The standard InChI is InChI=1S/C24H29NO8S/c1-15-10-19(23(31)32-14-24(11-26,12-27)13-28)6-9-21(15)34-20-7-4-18(5-8-20)22(30)16(2)25-33-17(3)29/h4-9,15,26-28H,10-14H2,1-3H3/b25-16+. The number of aliphatic hydroxyl groups is 3. The maximum atomic E-state index is 12.4. The highest BCUT2D eigenvalue weighted by atomic mass is 32.2. The van der Waals surface area contributed by atoms with E-state index in [1.54, 1.807) is 30.3 Å². The van der Waals surface area contributed by atoms with Gasteiger partial charge in [-0.25, -0.2) is 9.59 Å². The van der Waals surface area contributed by atoms with Gasteiger partial charge in [-0.1, -0.05) is 36.0 Å². The van der Waals surface area contributed by atoms with Gasteiger partial charge < -0.3 is 24.9 Å². The molecule has 9 nitrogen and oxygen atoms in total. The molecule has 1 aromatic carbocycles. The summed E-state index contributed by atoms with van der Waals surface area (Å²) in [5.74, 6) is -1.47. The summed E-state index contributed by atoms with van der Waals surface area (Å²) in [6.45, 7) is 2.83. The summed E-state index contributed by atoms with van der Waals surface area (Å²) in [6, 6.07) is 6.94. The van der Waals surface area contributed by atoms with Crippen molar-refractivity contribution in [1.82, 2.24) is 0 Å². The van der Waals surface area contributed by atoms with Gasteiger partial charge in [0.25, 0.3) is 0 Å². The van der Waals surface area contributed by atoms with Crippen molar-refractivity contribution in [3.63, 3.8) is 0 Å². The Morgan fingerprint density at radius 1 is 1.06 bits per heavy atom. The van der Waals surface area contributed by atoms with Crippen LogP contribution in [0.2, 0.25) is 0 Å². The van der Waals surface area contributed by atoms with Crippen molar-refractivity contribution in [2.75, 3.05) is 26.4 Å². The lowest BCUT2D eigenvalue weighted by atomic mass is 9.92. The second-order valence-electron chi connectivity index (χ2n) is 8.13. The van der Waals surface area contributed by atoms with Crippen LogP contribution < -0.4 is 0 Å². The van der Waals surface area contributed by atoms with Crippen LogP contribution in [0.3, 0.4) is 0 Å². The molecule has 0 saturated heterocycles. The molecule has 1 aliphatic carbocycles. The van der Waals surface area contributed by atoms with Gasteiger partial charge in [0.1, 0.15) is 12.3 Å². The fraction of sp³-hybridized carbons (Fsp3) is 0.417. The van der Waals surface area contributed by atoms with E-state index in [1.165, 1.54) is 25.6 Å². The van der Waals surface area contributed by atoms with Gasteiger partial charge in [-0.15, -0.1) is 0 Å². The summed E-state index contributed by atoms with van der Waals surface area (Å²) in [4.78, 5) is 42.0. The molecule has 1 aromatic rings. The lowest BCUT2D eigenvalue weighted by Gasteiger charge is -2.27. The molecule has 0 amide bonds. The molecule has 0 aliphatic heterocycles. The van der Waals surface area contributed by atoms with Crippen LogP contribution in [0.5, 0.6) is 0 Å². The molecule has 3 N–H and O–H groups in total. The van der Waals surface area contributed by atoms with Gasteiger partial charge in [0.05, 0.1) is 25.2 Å². The zero-order valence-electron chi connectivity index (χ0n) is 19.3. The molecule has 0 radical (unpaired) electrons. The van der Waals surface area contributed by atoms with Gasteiger partial charge in [-0.2, -0.15) is 0 Å². The molecule has 0 bridgehead atoms. The summed E-state index contributed by atoms with van der Waals surface area (Å²) in [5.41, 5.74) is -0.328. The highest BCUT2D eigenvalue weighted by molar-refractivity contribution is 8.03. The first-order valence-electron chi connectivity index (χ1n) is 10.6. The van der Waals surface area contributed by atoms with Crippen LogP contribution in [0.1, 0.15) is 37.6 Å². The minimum atomic E-state index is -1.27. The Morgan fingerprint density at radius 3 is 2.21 bits per heavy atom. The third-order valence-electron chi connectivity index (χ3n) is 5.23. The third-order valence-corrected chi connectivity index (χ3v) is 6.51. The first kappa shape index (κ1) is 27.5. The van der Waals surface area contributed by atoms with Gasteiger partial charge in [-0.05, 0) is 48.4 Å². The van der Waals surface area contributed by atoms with E-state index in [-0.39, 0.29) is 24.0 Å². The van der Waals surface area contributed by atoms with Crippen molar-refractivity contribution in [3.05, 3.63) is 52.5 Å². The molecule has 1 atom stereocenters. The largest absolute Gasteiger partial charge is 0.461 e. The number of ketones is 1. The Morgan fingerprint density at radius 2 is 1.68 bits per heavy atom. The number of ether oxygens (including phenoxy) is 1. The van der Waals surface area contributed by atoms with Crippen molar-refractivity contribution < 1.29 is 39.3 Å². The van der Waals surface area contributed by atoms with Gasteiger partial charge in [0, 0.05) is 23.0 Å². The zero-order chi connectivity index (χ0) is 25.3. The maximum absolute atomic E-state index is 12.4. The minimum Gasteiger partial charge on any atom is -0.461 e. The molecule has 1 aliphatic rings. The lowest BCUT2D eigenvalue weighted by molar-refractivity contribution is -0.147. The molecule has 0 spiro atoms. The summed E-state index contributed by atoms with van der Waals surface area (Å²) in [7, 11) is 0. The van der Waals surface area contributed by atoms with E-state index < -0.39 is 37.2 Å². The van der Waals surface area contributed by atoms with E-state index in [2.05, 4.69) is 9.99 Å². The number of aliphatic hydroxyl groups excluding tert-OH is 3. The van der Waals surface area contributed by atoms with E-state index >= 15 is 0 Å². The summed E-state index contributed by atoms with van der Waals surface area (Å²) in [6.07, 6.45) is 3.96. The second kappa shape index (κ2) is 12.6. The molecule has 0 heterocycles. The molecule has 184 valence electrons. The van der Waals surface area contributed by atoms with Crippen LogP contribution in [0.4, 0.5) is 0 Å². The van der Waals surface area contributed by atoms with Crippen LogP contribution in [0, 0.1) is 11.3 Å². The summed E-state index contributed by atoms with van der Waals surface area (Å²) in [5, 5.41) is 31.6. The van der Waals surface area contributed by atoms with Crippen LogP contribution in [0.15, 0.2) is 56.9 Å². The zero-order valence-corrected chi connectivity index (χ0v) is 20.1. The normalized spacial score (nSPS) is 16.4. The number of oxime groups is 1.